The molecule has 0 bridgehead atoms. The lowest BCUT2D eigenvalue weighted by atomic mass is 9.85. The van der Waals surface area contributed by atoms with Gasteiger partial charge in [-0.3, -0.25) is 19.9 Å². The highest BCUT2D eigenvalue weighted by Crippen LogP contribution is 2.28. The lowest BCUT2D eigenvalue weighted by Gasteiger charge is -2.35. The number of carbonyl (C=O) groups is 2. The number of anilines is 1. The van der Waals surface area contributed by atoms with E-state index in [0.717, 1.165) is 25.7 Å². The lowest BCUT2D eigenvalue weighted by Crippen LogP contribution is -2.46. The van der Waals surface area contributed by atoms with E-state index in [4.69, 9.17) is 16.9 Å². The third-order valence-corrected chi connectivity index (χ3v) is 6.71. The number of nitrogens with one attached hydrogen (secondary N) is 1. The largest absolute Gasteiger partial charge is 0.384 e. The van der Waals surface area contributed by atoms with E-state index < -0.39 is 0 Å². The van der Waals surface area contributed by atoms with E-state index in [9.17, 15) is 9.59 Å². The lowest BCUT2D eigenvalue weighted by molar-refractivity contribution is -0.131. The van der Waals surface area contributed by atoms with Crippen molar-refractivity contribution in [2.24, 2.45) is 17.4 Å². The molecule has 160 valence electrons. The first kappa shape index (κ1) is 22.0. The number of amides is 2. The Morgan fingerprint density at radius 3 is 2.43 bits per heavy atom. The van der Waals surface area contributed by atoms with Gasteiger partial charge in [-0.05, 0) is 67.8 Å². The van der Waals surface area contributed by atoms with Crippen LogP contribution in [0.15, 0.2) is 41.8 Å². The average molecular weight is 428 g/mol. The predicted molar refractivity (Wildman–Crippen MR) is 121 cm³/mol. The van der Waals surface area contributed by atoms with Gasteiger partial charge in [0.2, 0.25) is 5.91 Å². The summed E-state index contributed by atoms with van der Waals surface area (Å²) in [6.45, 7) is 0.668. The Bertz CT molecular complexity index is 891. The second-order valence-corrected chi connectivity index (χ2v) is 8.68. The molecule has 1 aliphatic carbocycles. The highest BCUT2D eigenvalue weighted by molar-refractivity contribution is 7.14. The predicted octanol–water partition coefficient (Wildman–Crippen LogP) is 2.65. The van der Waals surface area contributed by atoms with Gasteiger partial charge >= 0.3 is 0 Å². The van der Waals surface area contributed by atoms with Crippen LogP contribution in [0, 0.1) is 11.3 Å². The number of nitrogens with two attached hydrogens (primary N) is 2. The number of nitrogens with zero attached hydrogens (tertiary/aromatic N) is 2. The molecular weight excluding hydrogens is 398 g/mol. The van der Waals surface area contributed by atoms with Gasteiger partial charge in [-0.25, -0.2) is 0 Å². The first-order chi connectivity index (χ1) is 14.4. The molecule has 1 heterocycles. The number of carbonyl (C=O) groups excluding carboxylic acids is 2. The highest BCUT2D eigenvalue weighted by Gasteiger charge is 2.29. The zero-order valence-corrected chi connectivity index (χ0v) is 18.0. The third-order valence-electron chi connectivity index (χ3n) is 5.82. The molecule has 0 radical (unpaired) electrons. The molecule has 1 aliphatic rings. The monoisotopic (exact) mass is 427 g/mol. The number of rotatable bonds is 7. The van der Waals surface area contributed by atoms with Crippen molar-refractivity contribution in [3.8, 4) is 0 Å². The fourth-order valence-electron chi connectivity index (χ4n) is 3.87. The molecule has 1 saturated carbocycles. The van der Waals surface area contributed by atoms with Crippen LogP contribution in [0.1, 0.15) is 41.6 Å². The van der Waals surface area contributed by atoms with Crippen molar-refractivity contribution in [2.75, 3.05) is 25.0 Å². The van der Waals surface area contributed by atoms with Crippen LogP contribution in [-0.2, 0) is 4.79 Å². The molecule has 3 rings (SSSR count). The molecule has 8 heteroatoms. The van der Waals surface area contributed by atoms with Crippen LogP contribution in [0.25, 0.3) is 0 Å². The van der Waals surface area contributed by atoms with Crippen molar-refractivity contribution in [3.05, 3.63) is 52.9 Å². The molecular formula is C22H29N5O2S. The second-order valence-electron chi connectivity index (χ2n) is 7.75. The van der Waals surface area contributed by atoms with E-state index >= 15 is 0 Å². The third kappa shape index (κ3) is 5.06. The number of amidine groups is 1. The van der Waals surface area contributed by atoms with Gasteiger partial charge in [0.1, 0.15) is 12.4 Å². The number of benzene rings is 1. The van der Waals surface area contributed by atoms with Gasteiger partial charge in [-0.1, -0.05) is 12.1 Å². The number of hydrogen-bond donors (Lipinski definition) is 3. The highest BCUT2D eigenvalue weighted by atomic mass is 32.1. The molecule has 5 N–H and O–H groups in total. The zero-order chi connectivity index (χ0) is 21.7. The van der Waals surface area contributed by atoms with Crippen molar-refractivity contribution in [1.82, 2.24) is 4.90 Å². The Morgan fingerprint density at radius 1 is 1.13 bits per heavy atom. The van der Waals surface area contributed by atoms with Gasteiger partial charge in [0.05, 0.1) is 5.00 Å². The minimum absolute atomic E-state index is 0.0308. The normalized spacial score (nSPS) is 18.6. The molecule has 1 aromatic carbocycles. The van der Waals surface area contributed by atoms with Crippen molar-refractivity contribution in [3.63, 3.8) is 0 Å². The second kappa shape index (κ2) is 9.86. The van der Waals surface area contributed by atoms with Crippen molar-refractivity contribution < 1.29 is 9.59 Å². The molecule has 0 unspecified atom stereocenters. The molecule has 0 spiro atoms. The van der Waals surface area contributed by atoms with Gasteiger partial charge in [-0.2, -0.15) is 0 Å². The maximum Gasteiger partial charge on any atom is 0.259 e. The van der Waals surface area contributed by atoms with Crippen LogP contribution < -0.4 is 16.4 Å². The molecule has 2 amide bonds. The summed E-state index contributed by atoms with van der Waals surface area (Å²) >= 11 is 1.41. The molecule has 1 aromatic heterocycles. The smallest absolute Gasteiger partial charge is 0.259 e. The topological polar surface area (TPSA) is 117 Å². The van der Waals surface area contributed by atoms with Crippen LogP contribution in [0.3, 0.4) is 0 Å². The summed E-state index contributed by atoms with van der Waals surface area (Å²) in [5.41, 5.74) is 12.2. The zero-order valence-electron chi connectivity index (χ0n) is 17.2. The van der Waals surface area contributed by atoms with Gasteiger partial charge in [0.15, 0.2) is 0 Å². The van der Waals surface area contributed by atoms with E-state index in [0.29, 0.717) is 28.6 Å². The molecule has 0 aliphatic heterocycles. The van der Waals surface area contributed by atoms with Crippen LogP contribution in [-0.4, -0.2) is 48.7 Å². The van der Waals surface area contributed by atoms with E-state index in [1.807, 2.05) is 24.6 Å². The van der Waals surface area contributed by atoms with Crippen LogP contribution >= 0.6 is 11.3 Å². The van der Waals surface area contributed by atoms with Crippen molar-refractivity contribution in [2.45, 2.75) is 31.7 Å². The van der Waals surface area contributed by atoms with Crippen molar-refractivity contribution in [1.29, 1.82) is 5.41 Å². The molecule has 30 heavy (non-hydrogen) atoms. The first-order valence-electron chi connectivity index (χ1n) is 10.2. The molecule has 0 atom stereocenters. The summed E-state index contributed by atoms with van der Waals surface area (Å²) in [7, 11) is 1.82. The number of hydrogen-bond acceptors (Lipinski definition) is 5. The fourth-order valence-corrected chi connectivity index (χ4v) is 4.60. The van der Waals surface area contributed by atoms with E-state index in [1.54, 1.807) is 29.2 Å². The average Bonchev–Trinajstić information content (AvgIpc) is 3.31. The number of nitrogen functional groups attached to an aromatic ring is 1. The van der Waals surface area contributed by atoms with Gasteiger partial charge < -0.3 is 16.4 Å². The van der Waals surface area contributed by atoms with Crippen LogP contribution in [0.5, 0.6) is 0 Å². The van der Waals surface area contributed by atoms with E-state index in [1.165, 1.54) is 16.2 Å². The molecule has 2 aromatic rings. The molecule has 7 nitrogen and oxygen atoms in total. The Balaban J connectivity index is 1.76. The minimum Gasteiger partial charge on any atom is -0.384 e. The van der Waals surface area contributed by atoms with Crippen LogP contribution in [0.4, 0.5) is 5.00 Å². The summed E-state index contributed by atoms with van der Waals surface area (Å²) < 4.78 is 0. The first-order valence-corrected chi connectivity index (χ1v) is 11.0. The maximum atomic E-state index is 13.3. The maximum absolute atomic E-state index is 13.3. The Morgan fingerprint density at radius 2 is 1.83 bits per heavy atom. The Labute approximate surface area is 181 Å². The molecule has 1 fully saturated rings. The SMILES string of the molecule is CN(C(=O)CN(C(=O)c1cccc(C(=N)N)c1)c1cccs1)C1CCC(CN)CC1. The van der Waals surface area contributed by atoms with E-state index in [-0.39, 0.29) is 30.2 Å². The Kier molecular flexibility index (Phi) is 7.23. The Hall–Kier alpha value is -2.71. The van der Waals surface area contributed by atoms with Crippen LogP contribution in [0.2, 0.25) is 0 Å². The summed E-state index contributed by atoms with van der Waals surface area (Å²) in [4.78, 5) is 29.6. The quantitative estimate of drug-likeness (QED) is 0.465. The summed E-state index contributed by atoms with van der Waals surface area (Å²) in [5.74, 6) is 0.0727. The summed E-state index contributed by atoms with van der Waals surface area (Å²) in [6, 6.07) is 10.5. The number of thiophene rings is 1. The number of likely N-dealkylation sites (N-methyl/N-ethyl adjacent to an activating group) is 1. The molecule has 0 saturated heterocycles. The van der Waals surface area contributed by atoms with E-state index in [2.05, 4.69) is 0 Å². The standard InChI is InChI=1S/C22H29N5O2S/c1-26(18-9-7-15(13-23)8-10-18)19(28)14-27(20-6-3-11-30-20)22(29)17-5-2-4-16(12-17)21(24)25/h2-6,11-12,15,18H,7-10,13-14,23H2,1H3,(H3,24,25). The fraction of sp³-hybridized carbons (Fsp3) is 0.409. The van der Waals surface area contributed by atoms with Gasteiger partial charge in [0.25, 0.3) is 5.91 Å². The summed E-state index contributed by atoms with van der Waals surface area (Å²) in [5, 5.41) is 10.2. The minimum atomic E-state index is -0.283. The van der Waals surface area contributed by atoms with Gasteiger partial charge in [0, 0.05) is 24.2 Å². The van der Waals surface area contributed by atoms with Crippen molar-refractivity contribution >= 4 is 34.0 Å². The summed E-state index contributed by atoms with van der Waals surface area (Å²) in [6.07, 6.45) is 3.95. The van der Waals surface area contributed by atoms with Gasteiger partial charge in [-0.15, -0.1) is 11.3 Å².